The summed E-state index contributed by atoms with van der Waals surface area (Å²) in [5.41, 5.74) is 0.729. The maximum absolute atomic E-state index is 13.5. The molecule has 26 heavy (non-hydrogen) atoms. The van der Waals surface area contributed by atoms with Gasteiger partial charge in [-0.3, -0.25) is 4.79 Å². The van der Waals surface area contributed by atoms with Gasteiger partial charge in [-0.1, -0.05) is 17.3 Å². The number of aromatic nitrogens is 1. The molecule has 1 aliphatic heterocycles. The van der Waals surface area contributed by atoms with Crippen LogP contribution < -0.4 is 4.80 Å². The number of sulfonamides is 1. The minimum Gasteiger partial charge on any atom is -0.305 e. The molecule has 138 valence electrons. The Hall–Kier alpha value is -2.02. The van der Waals surface area contributed by atoms with Crippen molar-refractivity contribution in [1.82, 2.24) is 8.87 Å². The fraction of sp³-hybridized carbons (Fsp3) is 0.412. The van der Waals surface area contributed by atoms with Gasteiger partial charge in [0.1, 0.15) is 5.82 Å². The van der Waals surface area contributed by atoms with Gasteiger partial charge in [0.05, 0.1) is 23.0 Å². The van der Waals surface area contributed by atoms with Crippen LogP contribution in [-0.4, -0.2) is 42.5 Å². The number of halogens is 1. The molecule has 3 rings (SSSR count). The second-order valence-corrected chi connectivity index (χ2v) is 9.16. The van der Waals surface area contributed by atoms with Gasteiger partial charge in [0.15, 0.2) is 4.80 Å². The van der Waals surface area contributed by atoms with Gasteiger partial charge in [0.25, 0.3) is 5.91 Å². The van der Waals surface area contributed by atoms with Gasteiger partial charge in [0.2, 0.25) is 10.0 Å². The van der Waals surface area contributed by atoms with Crippen molar-refractivity contribution in [3.05, 3.63) is 28.8 Å². The SMILES string of the molecule is C#CCn1c(=NC(=O)C2CCN(S(C)(=O)=O)CC2)sc2cc(F)ccc21. The number of amides is 1. The number of rotatable bonds is 3. The molecule has 2 aromatic rings. The monoisotopic (exact) mass is 395 g/mol. The zero-order valence-corrected chi connectivity index (χ0v) is 15.8. The summed E-state index contributed by atoms with van der Waals surface area (Å²) >= 11 is 1.21. The molecule has 0 atom stereocenters. The van der Waals surface area contributed by atoms with Crippen LogP contribution in [0, 0.1) is 24.1 Å². The van der Waals surface area contributed by atoms with Gasteiger partial charge in [-0.05, 0) is 31.0 Å². The molecule has 6 nitrogen and oxygen atoms in total. The molecule has 1 fully saturated rings. The average Bonchev–Trinajstić information content (AvgIpc) is 2.91. The van der Waals surface area contributed by atoms with E-state index in [9.17, 15) is 17.6 Å². The highest BCUT2D eigenvalue weighted by Crippen LogP contribution is 2.21. The number of carbonyl (C=O) groups excluding carboxylic acids is 1. The van der Waals surface area contributed by atoms with Crippen LogP contribution >= 0.6 is 11.3 Å². The van der Waals surface area contributed by atoms with Crippen molar-refractivity contribution in [3.8, 4) is 12.3 Å². The van der Waals surface area contributed by atoms with Gasteiger partial charge in [-0.15, -0.1) is 6.42 Å². The van der Waals surface area contributed by atoms with E-state index in [1.165, 1.54) is 34.0 Å². The van der Waals surface area contributed by atoms with Gasteiger partial charge < -0.3 is 4.57 Å². The Kier molecular flexibility index (Phi) is 5.27. The van der Waals surface area contributed by atoms with Gasteiger partial charge in [-0.25, -0.2) is 17.1 Å². The van der Waals surface area contributed by atoms with E-state index in [-0.39, 0.29) is 24.2 Å². The molecule has 0 unspecified atom stereocenters. The fourth-order valence-electron chi connectivity index (χ4n) is 3.00. The van der Waals surface area contributed by atoms with E-state index in [0.29, 0.717) is 35.4 Å². The zero-order chi connectivity index (χ0) is 18.9. The van der Waals surface area contributed by atoms with Crippen LogP contribution in [0.15, 0.2) is 23.2 Å². The molecule has 0 bridgehead atoms. The molecule has 9 heteroatoms. The molecule has 0 saturated carbocycles. The minimum absolute atomic E-state index is 0.226. The summed E-state index contributed by atoms with van der Waals surface area (Å²) < 4.78 is 40.3. The summed E-state index contributed by atoms with van der Waals surface area (Å²) in [6, 6.07) is 4.35. The predicted molar refractivity (Wildman–Crippen MR) is 98.3 cm³/mol. The van der Waals surface area contributed by atoms with E-state index in [4.69, 9.17) is 6.42 Å². The third-order valence-corrected chi connectivity index (χ3v) is 6.72. The molecule has 2 heterocycles. The molecule has 0 N–H and O–H groups in total. The number of terminal acetylenes is 1. The van der Waals surface area contributed by atoms with E-state index in [2.05, 4.69) is 10.9 Å². The molecule has 0 radical (unpaired) electrons. The molecule has 1 amide bonds. The number of benzene rings is 1. The van der Waals surface area contributed by atoms with Crippen LogP contribution in [0.1, 0.15) is 12.8 Å². The van der Waals surface area contributed by atoms with Gasteiger partial charge in [0, 0.05) is 19.0 Å². The largest absolute Gasteiger partial charge is 0.305 e. The Bertz CT molecular complexity index is 1060. The molecule has 1 saturated heterocycles. The molecular weight excluding hydrogens is 377 g/mol. The number of hydrogen-bond donors (Lipinski definition) is 0. The lowest BCUT2D eigenvalue weighted by Crippen LogP contribution is -2.39. The summed E-state index contributed by atoms with van der Waals surface area (Å²) in [6.07, 6.45) is 7.44. The van der Waals surface area contributed by atoms with E-state index < -0.39 is 10.0 Å². The second-order valence-electron chi connectivity index (χ2n) is 6.17. The van der Waals surface area contributed by atoms with Crippen molar-refractivity contribution < 1.29 is 17.6 Å². The maximum atomic E-state index is 13.5. The summed E-state index contributed by atoms with van der Waals surface area (Å²) in [7, 11) is -3.24. The maximum Gasteiger partial charge on any atom is 0.251 e. The van der Waals surface area contributed by atoms with E-state index in [0.717, 1.165) is 5.52 Å². The lowest BCUT2D eigenvalue weighted by molar-refractivity contribution is -0.122. The first-order valence-electron chi connectivity index (χ1n) is 8.05. The minimum atomic E-state index is -3.24. The number of hydrogen-bond acceptors (Lipinski definition) is 4. The quantitative estimate of drug-likeness (QED) is 0.741. The van der Waals surface area contributed by atoms with Crippen molar-refractivity contribution in [1.29, 1.82) is 0 Å². The standard InChI is InChI=1S/C17H18FN3O3S2/c1-3-8-21-14-5-4-13(18)11-15(14)25-17(21)19-16(22)12-6-9-20(10-7-12)26(2,23)24/h1,4-5,11-12H,6-10H2,2H3. The second kappa shape index (κ2) is 7.31. The number of piperidine rings is 1. The van der Waals surface area contributed by atoms with Gasteiger partial charge >= 0.3 is 0 Å². The Balaban J connectivity index is 1.89. The van der Waals surface area contributed by atoms with Crippen LogP contribution in [0.25, 0.3) is 10.2 Å². The first-order chi connectivity index (χ1) is 12.3. The lowest BCUT2D eigenvalue weighted by atomic mass is 9.98. The molecule has 0 spiro atoms. The molecular formula is C17H18FN3O3S2. The van der Waals surface area contributed by atoms with Crippen LogP contribution in [0.4, 0.5) is 4.39 Å². The highest BCUT2D eigenvalue weighted by atomic mass is 32.2. The number of thiazole rings is 1. The molecule has 1 aromatic carbocycles. The predicted octanol–water partition coefficient (Wildman–Crippen LogP) is 1.57. The summed E-state index contributed by atoms with van der Waals surface area (Å²) in [5.74, 6) is 1.54. The summed E-state index contributed by atoms with van der Waals surface area (Å²) in [5, 5.41) is 0. The first kappa shape index (κ1) is 18.8. The van der Waals surface area contributed by atoms with Crippen molar-refractivity contribution in [2.45, 2.75) is 19.4 Å². The Labute approximate surface area is 155 Å². The van der Waals surface area contributed by atoms with E-state index in [1.807, 2.05) is 0 Å². The van der Waals surface area contributed by atoms with Gasteiger partial charge in [-0.2, -0.15) is 4.99 Å². The Morgan fingerprint density at radius 3 is 2.73 bits per heavy atom. The highest BCUT2D eigenvalue weighted by Gasteiger charge is 2.28. The summed E-state index contributed by atoms with van der Waals surface area (Å²) in [6.45, 7) is 0.851. The topological polar surface area (TPSA) is 71.7 Å². The van der Waals surface area contributed by atoms with Crippen LogP contribution in [-0.2, 0) is 21.4 Å². The Morgan fingerprint density at radius 1 is 1.42 bits per heavy atom. The van der Waals surface area contributed by atoms with E-state index >= 15 is 0 Å². The first-order valence-corrected chi connectivity index (χ1v) is 10.7. The third kappa shape index (κ3) is 3.87. The zero-order valence-electron chi connectivity index (χ0n) is 14.2. The fourth-order valence-corrected chi connectivity index (χ4v) is 4.93. The van der Waals surface area contributed by atoms with Crippen molar-refractivity contribution in [3.63, 3.8) is 0 Å². The smallest absolute Gasteiger partial charge is 0.251 e. The molecule has 0 aliphatic carbocycles. The number of nitrogens with zero attached hydrogens (tertiary/aromatic N) is 3. The van der Waals surface area contributed by atoms with Crippen LogP contribution in [0.2, 0.25) is 0 Å². The van der Waals surface area contributed by atoms with Crippen LogP contribution in [0.5, 0.6) is 0 Å². The Morgan fingerprint density at radius 2 is 2.12 bits per heavy atom. The van der Waals surface area contributed by atoms with Crippen molar-refractivity contribution in [2.24, 2.45) is 10.9 Å². The van der Waals surface area contributed by atoms with Crippen molar-refractivity contribution >= 4 is 37.5 Å². The van der Waals surface area contributed by atoms with Crippen molar-refractivity contribution in [2.75, 3.05) is 19.3 Å². The normalized spacial score (nSPS) is 17.5. The third-order valence-electron chi connectivity index (χ3n) is 4.37. The van der Waals surface area contributed by atoms with E-state index in [1.54, 1.807) is 10.6 Å². The number of fused-ring (bicyclic) bond motifs is 1. The summed E-state index contributed by atoms with van der Waals surface area (Å²) in [4.78, 5) is 17.2. The molecule has 1 aliphatic rings. The lowest BCUT2D eigenvalue weighted by Gasteiger charge is -2.28. The average molecular weight is 395 g/mol. The number of carbonyl (C=O) groups is 1. The molecule has 1 aromatic heterocycles. The highest BCUT2D eigenvalue weighted by molar-refractivity contribution is 7.88. The van der Waals surface area contributed by atoms with Crippen LogP contribution in [0.3, 0.4) is 0 Å².